The number of amides is 2. The molecule has 4 rings (SSSR count). The number of anilines is 1. The molecule has 0 spiro atoms. The van der Waals surface area contributed by atoms with Crippen LogP contribution in [0.3, 0.4) is 0 Å². The first kappa shape index (κ1) is 34.6. The van der Waals surface area contributed by atoms with Crippen LogP contribution in [0, 0.1) is 0 Å². The standard InChI is InChI=1S/C24H25Br4N11O5S/c25-11-9-14(34-17(11)27)19(40)31-5-1-3-13-16(37-22(29)36-13)24(21(38-23(30)39-24)33-7-8-45(42,43)44)4-2-6-32-20(41)15-10-12(26)18(28)35-15/h1-4,9-10,34-35H,5-8H2,(H,31,40)(H,32,41)(H3,29,36,37)(H,42,43,44)(H3,30,33,38,39)/b3-1+,4-2+. The smallest absolute Gasteiger partial charge is 0.268 e. The number of carbonyl (C=O) groups excluding carboxylic acids is 2. The van der Waals surface area contributed by atoms with E-state index in [2.05, 4.69) is 110 Å². The number of aromatic amines is 3. The summed E-state index contributed by atoms with van der Waals surface area (Å²) in [5.74, 6) is -1.30. The first-order chi connectivity index (χ1) is 21.2. The summed E-state index contributed by atoms with van der Waals surface area (Å²) in [6.45, 7) is -0.148. The molecule has 0 fully saturated rings. The number of imidazole rings is 1. The van der Waals surface area contributed by atoms with Gasteiger partial charge >= 0.3 is 0 Å². The quantitative estimate of drug-likeness (QED) is 0.0955. The van der Waals surface area contributed by atoms with Gasteiger partial charge in [-0.3, -0.25) is 19.1 Å². The number of aliphatic imine (C=N–C) groups is 2. The Labute approximate surface area is 289 Å². The molecule has 1 aliphatic heterocycles. The van der Waals surface area contributed by atoms with E-state index in [4.69, 9.17) is 11.5 Å². The van der Waals surface area contributed by atoms with Gasteiger partial charge in [-0.1, -0.05) is 12.2 Å². The first-order valence-electron chi connectivity index (χ1n) is 12.7. The van der Waals surface area contributed by atoms with Crippen molar-refractivity contribution in [2.24, 2.45) is 15.7 Å². The predicted molar refractivity (Wildman–Crippen MR) is 183 cm³/mol. The van der Waals surface area contributed by atoms with Crippen molar-refractivity contribution in [3.8, 4) is 0 Å². The number of hydrogen-bond donors (Lipinski definition) is 9. The zero-order chi connectivity index (χ0) is 32.9. The van der Waals surface area contributed by atoms with Crippen molar-refractivity contribution in [3.63, 3.8) is 0 Å². The van der Waals surface area contributed by atoms with Crippen LogP contribution in [0.4, 0.5) is 5.95 Å². The van der Waals surface area contributed by atoms with Crippen molar-refractivity contribution in [2.45, 2.75) is 5.54 Å². The zero-order valence-corrected chi connectivity index (χ0v) is 29.9. The van der Waals surface area contributed by atoms with Gasteiger partial charge in [0.25, 0.3) is 21.9 Å². The van der Waals surface area contributed by atoms with Gasteiger partial charge in [0.1, 0.15) is 17.2 Å². The lowest BCUT2D eigenvalue weighted by Gasteiger charge is -2.22. The number of aromatic nitrogens is 4. The fraction of sp³-hybridized carbons (Fsp3) is 0.208. The minimum Gasteiger partial charge on any atom is -0.370 e. The molecule has 0 radical (unpaired) electrons. The number of nitrogen functional groups attached to an aromatic ring is 1. The van der Waals surface area contributed by atoms with Gasteiger partial charge in [-0.15, -0.1) is 0 Å². The number of H-pyrrole nitrogens is 3. The number of nitrogens with zero attached hydrogens (tertiary/aromatic N) is 3. The van der Waals surface area contributed by atoms with Gasteiger partial charge < -0.3 is 42.4 Å². The molecule has 45 heavy (non-hydrogen) atoms. The van der Waals surface area contributed by atoms with Crippen LogP contribution in [0.25, 0.3) is 6.08 Å². The van der Waals surface area contributed by atoms with E-state index in [-0.39, 0.29) is 49.2 Å². The molecular formula is C24H25Br4N11O5S. The van der Waals surface area contributed by atoms with E-state index >= 15 is 0 Å². The molecule has 3 aromatic heterocycles. The third kappa shape index (κ3) is 8.73. The van der Waals surface area contributed by atoms with Crippen molar-refractivity contribution >= 4 is 109 Å². The molecule has 11 N–H and O–H groups in total. The van der Waals surface area contributed by atoms with Gasteiger partial charge in [0.05, 0.1) is 41.8 Å². The number of rotatable bonds is 12. The molecule has 0 bridgehead atoms. The lowest BCUT2D eigenvalue weighted by Crippen LogP contribution is -2.39. The topological polar surface area (TPSA) is 262 Å². The molecule has 16 nitrogen and oxygen atoms in total. The maximum atomic E-state index is 12.6. The second-order valence-corrected chi connectivity index (χ2v) is 14.1. The van der Waals surface area contributed by atoms with Crippen LogP contribution in [0.5, 0.6) is 0 Å². The first-order valence-corrected chi connectivity index (χ1v) is 17.4. The number of nitrogens with two attached hydrogens (primary N) is 2. The van der Waals surface area contributed by atoms with E-state index in [0.29, 0.717) is 40.9 Å². The maximum Gasteiger partial charge on any atom is 0.268 e. The molecule has 0 saturated heterocycles. The summed E-state index contributed by atoms with van der Waals surface area (Å²) < 4.78 is 34.5. The third-order valence-electron chi connectivity index (χ3n) is 5.99. The second-order valence-electron chi connectivity index (χ2n) is 9.20. The number of amidine groups is 1. The van der Waals surface area contributed by atoms with Gasteiger partial charge in [0, 0.05) is 13.1 Å². The summed E-state index contributed by atoms with van der Waals surface area (Å²) in [6.07, 6.45) is 6.42. The average Bonchev–Trinajstić information content (AvgIpc) is 3.69. The lowest BCUT2D eigenvalue weighted by molar-refractivity contribution is 0.0945. The number of carbonyl (C=O) groups is 2. The van der Waals surface area contributed by atoms with Crippen molar-refractivity contribution in [2.75, 3.05) is 31.1 Å². The highest BCUT2D eigenvalue weighted by molar-refractivity contribution is 9.13. The summed E-state index contributed by atoms with van der Waals surface area (Å²) in [5, 5.41) is 8.32. The van der Waals surface area contributed by atoms with E-state index in [1.54, 1.807) is 36.4 Å². The SMILES string of the molecule is NC1=NC(/C=C/CNC(=O)c2cc(Br)c(Br)[nH]2)(c2[nH]c(N)nc2/C=C/CNC(=O)c2cc(Br)c(Br)[nH]2)C(=NCCS(=O)(=O)O)N1. The summed E-state index contributed by atoms with van der Waals surface area (Å²) in [5.41, 5.74) is 11.8. The zero-order valence-electron chi connectivity index (χ0n) is 22.8. The molecule has 240 valence electrons. The highest BCUT2D eigenvalue weighted by atomic mass is 79.9. The summed E-state index contributed by atoms with van der Waals surface area (Å²) >= 11 is 13.2. The summed E-state index contributed by atoms with van der Waals surface area (Å²) in [7, 11) is -4.31. The van der Waals surface area contributed by atoms with Gasteiger partial charge in [0.2, 0.25) is 0 Å². The monoisotopic (exact) mass is 895 g/mol. The highest BCUT2D eigenvalue weighted by Gasteiger charge is 2.44. The molecular weight excluding hydrogens is 874 g/mol. The maximum absolute atomic E-state index is 12.6. The summed E-state index contributed by atoms with van der Waals surface area (Å²) in [6, 6.07) is 3.24. The Kier molecular flexibility index (Phi) is 11.1. The lowest BCUT2D eigenvalue weighted by atomic mass is 9.92. The van der Waals surface area contributed by atoms with E-state index in [0.717, 1.165) is 0 Å². The van der Waals surface area contributed by atoms with Gasteiger partial charge in [-0.05, 0) is 88.0 Å². The number of hydrogen-bond acceptors (Lipinski definition) is 9. The van der Waals surface area contributed by atoms with Crippen molar-refractivity contribution in [1.29, 1.82) is 0 Å². The van der Waals surface area contributed by atoms with E-state index in [1.807, 2.05) is 0 Å². The molecule has 21 heteroatoms. The van der Waals surface area contributed by atoms with Gasteiger partial charge in [-0.25, -0.2) is 9.98 Å². The second kappa shape index (κ2) is 14.5. The molecule has 1 unspecified atom stereocenters. The van der Waals surface area contributed by atoms with E-state index in [9.17, 15) is 22.6 Å². The van der Waals surface area contributed by atoms with Crippen LogP contribution in [-0.2, 0) is 15.7 Å². The Bertz CT molecular complexity index is 1810. The highest BCUT2D eigenvalue weighted by Crippen LogP contribution is 2.34. The molecule has 3 aromatic rings. The molecule has 0 aliphatic carbocycles. The Hall–Kier alpha value is -3.24. The van der Waals surface area contributed by atoms with Gasteiger partial charge in [-0.2, -0.15) is 8.42 Å². The van der Waals surface area contributed by atoms with Gasteiger partial charge in [0.15, 0.2) is 17.4 Å². The molecule has 2 amide bonds. The van der Waals surface area contributed by atoms with Crippen LogP contribution < -0.4 is 27.4 Å². The number of guanidine groups is 1. The third-order valence-corrected chi connectivity index (χ3v) is 10.3. The minimum absolute atomic E-state index is 0.0247. The van der Waals surface area contributed by atoms with Crippen LogP contribution in [0.2, 0.25) is 0 Å². The average molecular weight is 899 g/mol. The van der Waals surface area contributed by atoms with Crippen LogP contribution in [0.15, 0.2) is 58.5 Å². The van der Waals surface area contributed by atoms with E-state index < -0.39 is 21.4 Å². The Morgan fingerprint density at radius 3 is 2.09 bits per heavy atom. The molecule has 0 aromatic carbocycles. The fourth-order valence-electron chi connectivity index (χ4n) is 4.06. The molecule has 4 heterocycles. The Morgan fingerprint density at radius 2 is 1.56 bits per heavy atom. The van der Waals surface area contributed by atoms with Crippen LogP contribution >= 0.6 is 63.7 Å². The Balaban J connectivity index is 1.61. The number of halogens is 4. The molecule has 0 saturated carbocycles. The van der Waals surface area contributed by atoms with Crippen LogP contribution in [0.1, 0.15) is 32.4 Å². The summed E-state index contributed by atoms with van der Waals surface area (Å²) in [4.78, 5) is 47.0. The van der Waals surface area contributed by atoms with Crippen molar-refractivity contribution in [1.82, 2.24) is 35.9 Å². The van der Waals surface area contributed by atoms with Crippen LogP contribution in [-0.4, -0.2) is 81.9 Å². The van der Waals surface area contributed by atoms with Crippen molar-refractivity contribution < 1.29 is 22.6 Å². The number of nitrogens with one attached hydrogen (secondary N) is 6. The largest absolute Gasteiger partial charge is 0.370 e. The molecule has 1 atom stereocenters. The molecule has 1 aliphatic rings. The predicted octanol–water partition coefficient (Wildman–Crippen LogP) is 2.53. The fourth-order valence-corrected chi connectivity index (χ4v) is 5.69. The van der Waals surface area contributed by atoms with Crippen molar-refractivity contribution in [3.05, 3.63) is 71.3 Å². The normalized spacial score (nSPS) is 17.7. The minimum atomic E-state index is -4.31. The Morgan fingerprint density at radius 1 is 0.978 bits per heavy atom. The van der Waals surface area contributed by atoms with E-state index in [1.165, 1.54) is 0 Å².